The van der Waals surface area contributed by atoms with Crippen molar-refractivity contribution in [2.45, 2.75) is 50.7 Å². The lowest BCUT2D eigenvalue weighted by atomic mass is 9.92. The largest absolute Gasteiger partial charge is 0.477 e. The predicted molar refractivity (Wildman–Crippen MR) is 142 cm³/mol. The molecule has 236 valence electrons. The number of rotatable bonds is 21. The highest BCUT2D eigenvalue weighted by molar-refractivity contribution is 5.85. The lowest BCUT2D eigenvalue weighted by Crippen LogP contribution is -2.65. The van der Waals surface area contributed by atoms with E-state index in [0.29, 0.717) is 39.6 Å². The summed E-state index contributed by atoms with van der Waals surface area (Å²) in [6.07, 6.45) is -3.88. The summed E-state index contributed by atoms with van der Waals surface area (Å²) in [5, 5.41) is 44.3. The number of ether oxygens (including phenoxy) is 6. The van der Waals surface area contributed by atoms with Crippen LogP contribution in [0.3, 0.4) is 0 Å². The van der Waals surface area contributed by atoms with Crippen molar-refractivity contribution in [1.82, 2.24) is 16.0 Å². The van der Waals surface area contributed by atoms with Crippen LogP contribution in [0.2, 0.25) is 0 Å². The van der Waals surface area contributed by atoms with E-state index < -0.39 is 66.7 Å². The summed E-state index contributed by atoms with van der Waals surface area (Å²) in [5.74, 6) is -3.23. The van der Waals surface area contributed by atoms with E-state index in [9.17, 15) is 29.7 Å². The number of carbonyl (C=O) groups excluding carboxylic acids is 2. The summed E-state index contributed by atoms with van der Waals surface area (Å²) in [5.41, 5.74) is 5.40. The Bertz CT molecular complexity index is 846. The van der Waals surface area contributed by atoms with E-state index >= 15 is 0 Å². The van der Waals surface area contributed by atoms with Crippen molar-refractivity contribution >= 4 is 23.9 Å². The summed E-state index contributed by atoms with van der Waals surface area (Å²) >= 11 is 0. The second kappa shape index (κ2) is 20.6. The zero-order chi connectivity index (χ0) is 30.6. The molecule has 0 aliphatic carbocycles. The van der Waals surface area contributed by atoms with E-state index in [1.54, 1.807) is 0 Å². The van der Waals surface area contributed by atoms with Crippen LogP contribution < -0.4 is 21.7 Å². The summed E-state index contributed by atoms with van der Waals surface area (Å²) in [7, 11) is 0. The summed E-state index contributed by atoms with van der Waals surface area (Å²) in [6.45, 7) is 5.53. The number of nitrogens with one attached hydrogen (secondary N) is 4. The van der Waals surface area contributed by atoms with Crippen LogP contribution in [0.5, 0.6) is 0 Å². The van der Waals surface area contributed by atoms with Crippen LogP contribution in [0.4, 0.5) is 4.79 Å². The van der Waals surface area contributed by atoms with E-state index in [-0.39, 0.29) is 19.8 Å². The van der Waals surface area contributed by atoms with Crippen molar-refractivity contribution in [3.8, 4) is 0 Å². The second-order valence-corrected chi connectivity index (χ2v) is 8.72. The van der Waals surface area contributed by atoms with Gasteiger partial charge in [-0.3, -0.25) is 10.2 Å². The fourth-order valence-corrected chi connectivity index (χ4v) is 3.61. The number of carboxylic acids is 1. The average molecular weight is 594 g/mol. The van der Waals surface area contributed by atoms with Gasteiger partial charge >= 0.3 is 12.1 Å². The molecule has 1 aliphatic heterocycles. The molecule has 0 spiro atoms. The number of hydrogen-bond donors (Lipinski definition) is 8. The molecule has 0 aromatic heterocycles. The second-order valence-electron chi connectivity index (χ2n) is 8.72. The molecule has 17 nitrogen and oxygen atoms in total. The minimum absolute atomic E-state index is 0.0110. The number of carbonyl (C=O) groups is 3. The molecular weight excluding hydrogens is 550 g/mol. The highest BCUT2D eigenvalue weighted by Gasteiger charge is 2.46. The quantitative estimate of drug-likeness (QED) is 0.0394. The summed E-state index contributed by atoms with van der Waals surface area (Å²) in [4.78, 5) is 36.0. The lowest BCUT2D eigenvalue weighted by molar-refractivity contribution is -0.146. The van der Waals surface area contributed by atoms with Crippen molar-refractivity contribution < 1.29 is 58.1 Å². The Labute approximate surface area is 238 Å². The maximum absolute atomic E-state index is 12.5. The van der Waals surface area contributed by atoms with Crippen LogP contribution in [0.1, 0.15) is 20.3 Å². The predicted octanol–water partition coefficient (Wildman–Crippen LogP) is -2.37. The normalized spacial score (nSPS) is 19.7. The van der Waals surface area contributed by atoms with Crippen LogP contribution in [0.15, 0.2) is 11.8 Å². The van der Waals surface area contributed by atoms with Gasteiger partial charge in [0.2, 0.25) is 11.7 Å². The lowest BCUT2D eigenvalue weighted by Gasteiger charge is -2.41. The van der Waals surface area contributed by atoms with Crippen LogP contribution in [0, 0.1) is 5.41 Å². The molecule has 0 saturated heterocycles. The van der Waals surface area contributed by atoms with Gasteiger partial charge in [0.1, 0.15) is 6.10 Å². The van der Waals surface area contributed by atoms with Crippen molar-refractivity contribution in [3.63, 3.8) is 0 Å². The molecule has 0 unspecified atom stereocenters. The number of aliphatic hydroxyl groups is 2. The monoisotopic (exact) mass is 593 g/mol. The van der Waals surface area contributed by atoms with Crippen LogP contribution in [-0.4, -0.2) is 136 Å². The first kappa shape index (κ1) is 35.8. The maximum Gasteiger partial charge on any atom is 0.407 e. The van der Waals surface area contributed by atoms with E-state index in [2.05, 4.69) is 16.0 Å². The van der Waals surface area contributed by atoms with Crippen LogP contribution in [-0.2, 0) is 38.0 Å². The van der Waals surface area contributed by atoms with Gasteiger partial charge < -0.3 is 65.4 Å². The first-order valence-electron chi connectivity index (χ1n) is 13.1. The zero-order valence-electron chi connectivity index (χ0n) is 23.3. The zero-order valence-corrected chi connectivity index (χ0v) is 23.3. The number of aliphatic hydroxyl groups excluding tert-OH is 2. The third kappa shape index (κ3) is 14.8. The third-order valence-corrected chi connectivity index (χ3v) is 5.35. The molecule has 41 heavy (non-hydrogen) atoms. The van der Waals surface area contributed by atoms with Crippen LogP contribution >= 0.6 is 0 Å². The minimum atomic E-state index is -1.73. The minimum Gasteiger partial charge on any atom is -0.477 e. The number of hydrogen-bond acceptors (Lipinski definition) is 12. The van der Waals surface area contributed by atoms with Gasteiger partial charge in [0.25, 0.3) is 0 Å². The molecule has 0 fully saturated rings. The number of guanidine groups is 1. The molecule has 1 aliphatic rings. The molecule has 5 atom stereocenters. The molecule has 17 heteroatoms. The molecule has 0 radical (unpaired) electrons. The molecule has 1 rings (SSSR count). The third-order valence-electron chi connectivity index (χ3n) is 5.35. The van der Waals surface area contributed by atoms with Crippen molar-refractivity contribution in [2.24, 2.45) is 5.73 Å². The Morgan fingerprint density at radius 1 is 1.02 bits per heavy atom. The smallest absolute Gasteiger partial charge is 0.407 e. The topological polar surface area (TPSA) is 253 Å². The van der Waals surface area contributed by atoms with Gasteiger partial charge in [0, 0.05) is 20.1 Å². The van der Waals surface area contributed by atoms with Gasteiger partial charge in [0.05, 0.1) is 64.9 Å². The molecule has 0 aromatic rings. The first-order chi connectivity index (χ1) is 19.6. The molecule has 0 aromatic carbocycles. The standard InChI is InChI=1S/C24H43N5O12/c1-3-5-36-7-9-38-11-12-39-10-8-37-6-4-27-24(35)41-20(17(32)14-30)21-19(28-15(2)31)16(29-23(25)26)13-18(40-21)22(33)34/h13,16-17,19-21,30,32H,3-12,14H2,1-2H3,(H,27,35)(H,28,31)(H,33,34)(H4,25,26,29)/t16-,17+,19+,20+,21+/m0/s1. The van der Waals surface area contributed by atoms with E-state index in [1.807, 2.05) is 6.92 Å². The Morgan fingerprint density at radius 3 is 2.07 bits per heavy atom. The van der Waals surface area contributed by atoms with Gasteiger partial charge in [0.15, 0.2) is 18.2 Å². The van der Waals surface area contributed by atoms with Gasteiger partial charge in [-0.15, -0.1) is 0 Å². The number of carboxylic acid groups (broad SMARTS) is 1. The Hall–Kier alpha value is -3.22. The van der Waals surface area contributed by atoms with Crippen molar-refractivity contribution in [1.29, 1.82) is 5.41 Å². The number of alkyl carbamates (subject to hydrolysis) is 1. The number of aliphatic carboxylic acids is 1. The molecule has 9 N–H and O–H groups in total. The summed E-state index contributed by atoms with van der Waals surface area (Å²) < 4.78 is 32.1. The average Bonchev–Trinajstić information content (AvgIpc) is 2.91. The molecular formula is C24H43N5O12. The van der Waals surface area contributed by atoms with Gasteiger partial charge in [-0.1, -0.05) is 6.92 Å². The SMILES string of the molecule is CCCOCCOCCOCCOCCNC(=O)O[C@@H]([C@@H]1OC(C(=O)O)=C[C@H](NC(=N)N)[C@H]1NC(C)=O)[C@H](O)CO. The van der Waals surface area contributed by atoms with E-state index in [1.165, 1.54) is 6.92 Å². The van der Waals surface area contributed by atoms with E-state index in [4.69, 9.17) is 39.6 Å². The first-order valence-corrected chi connectivity index (χ1v) is 13.1. The van der Waals surface area contributed by atoms with Crippen molar-refractivity contribution in [3.05, 3.63) is 11.8 Å². The maximum atomic E-state index is 12.5. The van der Waals surface area contributed by atoms with Crippen molar-refractivity contribution in [2.75, 3.05) is 66.0 Å². The molecule has 0 bridgehead atoms. The fourth-order valence-electron chi connectivity index (χ4n) is 3.61. The molecule has 1 heterocycles. The Kier molecular flexibility index (Phi) is 18.0. The fraction of sp³-hybridized carbons (Fsp3) is 0.750. The van der Waals surface area contributed by atoms with Gasteiger partial charge in [-0.2, -0.15) is 0 Å². The van der Waals surface area contributed by atoms with Gasteiger partial charge in [-0.05, 0) is 12.5 Å². The summed E-state index contributed by atoms with van der Waals surface area (Å²) in [6, 6.07) is -2.26. The number of amides is 2. The molecule has 0 saturated carbocycles. The highest BCUT2D eigenvalue weighted by atomic mass is 16.6. The number of nitrogens with two attached hydrogens (primary N) is 1. The van der Waals surface area contributed by atoms with Gasteiger partial charge in [-0.25, -0.2) is 9.59 Å². The Morgan fingerprint density at radius 2 is 1.59 bits per heavy atom. The van der Waals surface area contributed by atoms with E-state index in [0.717, 1.165) is 12.5 Å². The van der Waals surface area contributed by atoms with Crippen LogP contribution in [0.25, 0.3) is 0 Å². The molecule has 2 amide bonds. The Balaban J connectivity index is 2.58. The highest BCUT2D eigenvalue weighted by Crippen LogP contribution is 2.25.